The summed E-state index contributed by atoms with van der Waals surface area (Å²) in [6.45, 7) is 4.45. The van der Waals surface area contributed by atoms with Gasteiger partial charge in [0.05, 0.1) is 0 Å². The molecule has 0 spiro atoms. The van der Waals surface area contributed by atoms with Gasteiger partial charge in [-0.3, -0.25) is 9.59 Å². The Hall–Kier alpha value is -1.64. The third kappa shape index (κ3) is 2.69. The molecule has 1 rings (SSSR count). The van der Waals surface area contributed by atoms with Crippen molar-refractivity contribution in [2.75, 3.05) is 0 Å². The van der Waals surface area contributed by atoms with E-state index in [2.05, 4.69) is 5.32 Å². The lowest BCUT2D eigenvalue weighted by Crippen LogP contribution is -2.23. The van der Waals surface area contributed by atoms with Gasteiger partial charge in [-0.25, -0.2) is 0 Å². The molecule has 3 heteroatoms. The SMILES string of the molecule is Cc1ccc(CNC(=O)C=O)cc1C. The molecule has 0 unspecified atom stereocenters. The van der Waals surface area contributed by atoms with Gasteiger partial charge < -0.3 is 5.32 Å². The van der Waals surface area contributed by atoms with Crippen LogP contribution in [0.25, 0.3) is 0 Å². The number of hydrogen-bond donors (Lipinski definition) is 1. The Morgan fingerprint density at radius 1 is 1.36 bits per heavy atom. The van der Waals surface area contributed by atoms with Gasteiger partial charge >= 0.3 is 0 Å². The summed E-state index contributed by atoms with van der Waals surface area (Å²) in [5.41, 5.74) is 3.40. The minimum Gasteiger partial charge on any atom is -0.346 e. The van der Waals surface area contributed by atoms with Crippen LogP contribution in [0.15, 0.2) is 18.2 Å². The molecule has 0 saturated heterocycles. The van der Waals surface area contributed by atoms with Gasteiger partial charge in [0.15, 0.2) is 0 Å². The van der Waals surface area contributed by atoms with Crippen molar-refractivity contribution in [3.63, 3.8) is 0 Å². The first kappa shape index (κ1) is 10.4. The number of nitrogens with one attached hydrogen (secondary N) is 1. The number of rotatable bonds is 3. The molecular formula is C11H13NO2. The first-order chi connectivity index (χ1) is 6.63. The van der Waals surface area contributed by atoms with Gasteiger partial charge in [-0.1, -0.05) is 18.2 Å². The molecule has 0 aliphatic carbocycles. The highest BCUT2D eigenvalue weighted by atomic mass is 16.2. The molecule has 0 heterocycles. The predicted molar refractivity (Wildman–Crippen MR) is 53.8 cm³/mol. The fourth-order valence-electron chi connectivity index (χ4n) is 1.14. The highest BCUT2D eigenvalue weighted by molar-refractivity contribution is 6.23. The normalized spacial score (nSPS) is 9.57. The van der Waals surface area contributed by atoms with Crippen LogP contribution in [0.5, 0.6) is 0 Å². The van der Waals surface area contributed by atoms with Gasteiger partial charge in [0.1, 0.15) is 0 Å². The molecule has 0 fully saturated rings. The van der Waals surface area contributed by atoms with Crippen molar-refractivity contribution in [2.24, 2.45) is 0 Å². The molecule has 1 aromatic carbocycles. The second-order valence-corrected chi connectivity index (χ2v) is 3.25. The first-order valence-corrected chi connectivity index (χ1v) is 4.42. The molecule has 0 aliphatic heterocycles. The molecule has 0 atom stereocenters. The maximum Gasteiger partial charge on any atom is 0.284 e. The Balaban J connectivity index is 2.64. The molecule has 0 aliphatic rings. The van der Waals surface area contributed by atoms with Crippen molar-refractivity contribution in [3.05, 3.63) is 34.9 Å². The van der Waals surface area contributed by atoms with E-state index in [0.29, 0.717) is 6.54 Å². The van der Waals surface area contributed by atoms with Gasteiger partial charge in [-0.05, 0) is 30.5 Å². The standard InChI is InChI=1S/C11H13NO2/c1-8-3-4-10(5-9(8)2)6-12-11(14)7-13/h3-5,7H,6H2,1-2H3,(H,12,14). The molecule has 0 bridgehead atoms. The third-order valence-electron chi connectivity index (χ3n) is 2.15. The molecule has 0 radical (unpaired) electrons. The molecule has 0 aromatic heterocycles. The minimum atomic E-state index is -0.580. The second-order valence-electron chi connectivity index (χ2n) is 3.25. The van der Waals surface area contributed by atoms with Gasteiger partial charge in [0.25, 0.3) is 5.91 Å². The van der Waals surface area contributed by atoms with E-state index in [1.807, 2.05) is 32.0 Å². The zero-order valence-corrected chi connectivity index (χ0v) is 8.33. The first-order valence-electron chi connectivity index (χ1n) is 4.42. The van der Waals surface area contributed by atoms with Crippen molar-refractivity contribution in [1.29, 1.82) is 0 Å². The largest absolute Gasteiger partial charge is 0.346 e. The van der Waals surface area contributed by atoms with Crippen LogP contribution in [0, 0.1) is 13.8 Å². The van der Waals surface area contributed by atoms with Crippen molar-refractivity contribution >= 4 is 12.2 Å². The molecule has 3 nitrogen and oxygen atoms in total. The van der Waals surface area contributed by atoms with E-state index in [-0.39, 0.29) is 6.29 Å². The van der Waals surface area contributed by atoms with Crippen LogP contribution >= 0.6 is 0 Å². The Morgan fingerprint density at radius 3 is 2.64 bits per heavy atom. The highest BCUT2D eigenvalue weighted by Crippen LogP contribution is 2.09. The number of aryl methyl sites for hydroxylation is 2. The third-order valence-corrected chi connectivity index (χ3v) is 2.15. The average molecular weight is 191 g/mol. The monoisotopic (exact) mass is 191 g/mol. The topological polar surface area (TPSA) is 46.2 Å². The fourth-order valence-corrected chi connectivity index (χ4v) is 1.14. The van der Waals surface area contributed by atoms with Crippen LogP contribution in [0.1, 0.15) is 16.7 Å². The number of aldehydes is 1. The molecule has 1 amide bonds. The van der Waals surface area contributed by atoms with Crippen LogP contribution in [-0.4, -0.2) is 12.2 Å². The van der Waals surface area contributed by atoms with Crippen LogP contribution < -0.4 is 5.32 Å². The van der Waals surface area contributed by atoms with Crippen molar-refractivity contribution in [3.8, 4) is 0 Å². The smallest absolute Gasteiger partial charge is 0.284 e. The van der Waals surface area contributed by atoms with Crippen LogP contribution in [-0.2, 0) is 16.1 Å². The molecule has 0 saturated carbocycles. The highest BCUT2D eigenvalue weighted by Gasteiger charge is 1.99. The summed E-state index contributed by atoms with van der Waals surface area (Å²) in [6.07, 6.45) is 0.279. The lowest BCUT2D eigenvalue weighted by atomic mass is 10.1. The summed E-state index contributed by atoms with van der Waals surface area (Å²) in [5.74, 6) is -0.580. The zero-order valence-electron chi connectivity index (χ0n) is 8.33. The second kappa shape index (κ2) is 4.56. The van der Waals surface area contributed by atoms with E-state index in [4.69, 9.17) is 0 Å². The van der Waals surface area contributed by atoms with E-state index in [0.717, 1.165) is 5.56 Å². The Bertz CT molecular complexity index is 358. The van der Waals surface area contributed by atoms with Gasteiger partial charge in [0, 0.05) is 6.54 Å². The van der Waals surface area contributed by atoms with E-state index >= 15 is 0 Å². The van der Waals surface area contributed by atoms with Crippen molar-refractivity contribution in [1.82, 2.24) is 5.32 Å². The number of carbonyl (C=O) groups is 2. The summed E-state index contributed by atoms with van der Waals surface area (Å²) in [4.78, 5) is 20.7. The van der Waals surface area contributed by atoms with Crippen LogP contribution in [0.3, 0.4) is 0 Å². The summed E-state index contributed by atoms with van der Waals surface area (Å²) in [5, 5.41) is 2.49. The lowest BCUT2D eigenvalue weighted by Gasteiger charge is -2.04. The van der Waals surface area contributed by atoms with Crippen LogP contribution in [0.4, 0.5) is 0 Å². The summed E-state index contributed by atoms with van der Waals surface area (Å²) in [7, 11) is 0. The molecular weight excluding hydrogens is 178 g/mol. The summed E-state index contributed by atoms with van der Waals surface area (Å²) < 4.78 is 0. The van der Waals surface area contributed by atoms with E-state index < -0.39 is 5.91 Å². The van der Waals surface area contributed by atoms with E-state index in [1.54, 1.807) is 0 Å². The number of hydrogen-bond acceptors (Lipinski definition) is 2. The molecule has 74 valence electrons. The van der Waals surface area contributed by atoms with E-state index in [1.165, 1.54) is 11.1 Å². The van der Waals surface area contributed by atoms with Crippen molar-refractivity contribution in [2.45, 2.75) is 20.4 Å². The number of carbonyl (C=O) groups excluding carboxylic acids is 2. The minimum absolute atomic E-state index is 0.279. The lowest BCUT2D eigenvalue weighted by molar-refractivity contribution is -0.131. The molecule has 1 aromatic rings. The molecule has 14 heavy (non-hydrogen) atoms. The fraction of sp³-hybridized carbons (Fsp3) is 0.273. The van der Waals surface area contributed by atoms with Crippen LogP contribution in [0.2, 0.25) is 0 Å². The van der Waals surface area contributed by atoms with Gasteiger partial charge in [-0.15, -0.1) is 0 Å². The Morgan fingerprint density at radius 2 is 2.07 bits per heavy atom. The van der Waals surface area contributed by atoms with Crippen molar-refractivity contribution < 1.29 is 9.59 Å². The number of benzene rings is 1. The maximum absolute atomic E-state index is 10.7. The average Bonchev–Trinajstić information content (AvgIpc) is 2.19. The quantitative estimate of drug-likeness (QED) is 0.574. The maximum atomic E-state index is 10.7. The number of amides is 1. The van der Waals surface area contributed by atoms with Gasteiger partial charge in [0.2, 0.25) is 6.29 Å². The predicted octanol–water partition coefficient (Wildman–Crippen LogP) is 1.12. The van der Waals surface area contributed by atoms with Gasteiger partial charge in [-0.2, -0.15) is 0 Å². The molecule has 1 N–H and O–H groups in total. The Kier molecular flexibility index (Phi) is 3.40. The summed E-state index contributed by atoms with van der Waals surface area (Å²) >= 11 is 0. The Labute approximate surface area is 83.1 Å². The summed E-state index contributed by atoms with van der Waals surface area (Å²) in [6, 6.07) is 5.94. The zero-order chi connectivity index (χ0) is 10.6. The van der Waals surface area contributed by atoms with E-state index in [9.17, 15) is 9.59 Å².